The van der Waals surface area contributed by atoms with Crippen LogP contribution >= 0.6 is 0 Å². The summed E-state index contributed by atoms with van der Waals surface area (Å²) in [5.74, 6) is 2.18. The van der Waals surface area contributed by atoms with Gasteiger partial charge in [-0.1, -0.05) is 6.07 Å². The van der Waals surface area contributed by atoms with Gasteiger partial charge in [0.25, 0.3) is 0 Å². The van der Waals surface area contributed by atoms with Crippen LogP contribution in [0.5, 0.6) is 5.75 Å². The van der Waals surface area contributed by atoms with Gasteiger partial charge in [-0.05, 0) is 25.0 Å². The second-order valence-corrected chi connectivity index (χ2v) is 4.69. The van der Waals surface area contributed by atoms with Gasteiger partial charge >= 0.3 is 0 Å². The van der Waals surface area contributed by atoms with Gasteiger partial charge in [0.1, 0.15) is 5.75 Å². The molecule has 1 fully saturated rings. The highest BCUT2D eigenvalue weighted by molar-refractivity contribution is 5.58. The number of aromatic nitrogens is 3. The Hall–Kier alpha value is -2.37. The molecule has 6 nitrogen and oxygen atoms in total. The van der Waals surface area contributed by atoms with Crippen molar-refractivity contribution >= 4 is 17.5 Å². The molecule has 104 valence electrons. The van der Waals surface area contributed by atoms with Crippen molar-refractivity contribution in [3.8, 4) is 5.75 Å². The summed E-state index contributed by atoms with van der Waals surface area (Å²) in [6, 6.07) is 7.70. The Kier molecular flexibility index (Phi) is 3.62. The first-order valence-electron chi connectivity index (χ1n) is 6.71. The Morgan fingerprint density at radius 3 is 2.90 bits per heavy atom. The fourth-order valence-electron chi connectivity index (χ4n) is 2.25. The molecule has 1 aliphatic heterocycles. The minimum atomic E-state index is 0.690. The van der Waals surface area contributed by atoms with Gasteiger partial charge in [0, 0.05) is 24.8 Å². The summed E-state index contributed by atoms with van der Waals surface area (Å²) in [5, 5.41) is 11.3. The fraction of sp³-hybridized carbons (Fsp3) is 0.357. The van der Waals surface area contributed by atoms with Crippen LogP contribution in [0.2, 0.25) is 0 Å². The minimum Gasteiger partial charge on any atom is -0.497 e. The molecule has 20 heavy (non-hydrogen) atoms. The largest absolute Gasteiger partial charge is 0.497 e. The number of nitrogens with one attached hydrogen (secondary N) is 1. The molecule has 0 saturated carbocycles. The van der Waals surface area contributed by atoms with Crippen molar-refractivity contribution in [2.75, 3.05) is 30.4 Å². The van der Waals surface area contributed by atoms with Gasteiger partial charge < -0.3 is 15.0 Å². The maximum atomic E-state index is 5.20. The number of rotatable bonds is 4. The smallest absolute Gasteiger partial charge is 0.247 e. The summed E-state index contributed by atoms with van der Waals surface area (Å²) < 4.78 is 5.20. The Morgan fingerprint density at radius 1 is 1.25 bits per heavy atom. The highest BCUT2D eigenvalue weighted by Gasteiger charge is 2.15. The van der Waals surface area contributed by atoms with Gasteiger partial charge in [0.2, 0.25) is 5.95 Å². The molecule has 0 amide bonds. The van der Waals surface area contributed by atoms with Crippen molar-refractivity contribution in [3.05, 3.63) is 30.5 Å². The molecule has 0 aliphatic carbocycles. The monoisotopic (exact) mass is 271 g/mol. The summed E-state index contributed by atoms with van der Waals surface area (Å²) >= 11 is 0. The second-order valence-electron chi connectivity index (χ2n) is 4.69. The Morgan fingerprint density at radius 2 is 2.10 bits per heavy atom. The Labute approximate surface area is 117 Å². The molecular weight excluding hydrogens is 254 g/mol. The lowest BCUT2D eigenvalue weighted by Crippen LogP contribution is -2.21. The van der Waals surface area contributed by atoms with Crippen molar-refractivity contribution in [2.24, 2.45) is 0 Å². The third-order valence-electron chi connectivity index (χ3n) is 3.28. The van der Waals surface area contributed by atoms with E-state index in [2.05, 4.69) is 25.4 Å². The van der Waals surface area contributed by atoms with Crippen LogP contribution in [0.25, 0.3) is 0 Å². The maximum Gasteiger partial charge on any atom is 0.247 e. The number of ether oxygens (including phenoxy) is 1. The molecule has 1 aromatic carbocycles. The zero-order chi connectivity index (χ0) is 13.8. The number of methoxy groups -OCH3 is 1. The maximum absolute atomic E-state index is 5.20. The molecule has 0 radical (unpaired) electrons. The van der Waals surface area contributed by atoms with Crippen molar-refractivity contribution in [1.29, 1.82) is 0 Å². The van der Waals surface area contributed by atoms with E-state index in [4.69, 9.17) is 4.74 Å². The third-order valence-corrected chi connectivity index (χ3v) is 3.28. The minimum absolute atomic E-state index is 0.690. The van der Waals surface area contributed by atoms with Gasteiger partial charge in [-0.15, -0.1) is 5.10 Å². The molecule has 0 unspecified atom stereocenters. The summed E-state index contributed by atoms with van der Waals surface area (Å²) in [6.45, 7) is 2.01. The van der Waals surface area contributed by atoms with Gasteiger partial charge in [-0.3, -0.25) is 0 Å². The van der Waals surface area contributed by atoms with Crippen LogP contribution < -0.4 is 15.0 Å². The lowest BCUT2D eigenvalue weighted by Gasteiger charge is -2.15. The highest BCUT2D eigenvalue weighted by Crippen LogP contribution is 2.21. The zero-order valence-corrected chi connectivity index (χ0v) is 11.4. The van der Waals surface area contributed by atoms with E-state index in [1.165, 1.54) is 12.8 Å². The van der Waals surface area contributed by atoms with Gasteiger partial charge in [0.05, 0.1) is 13.3 Å². The summed E-state index contributed by atoms with van der Waals surface area (Å²) in [5.41, 5.74) is 0.914. The second kappa shape index (κ2) is 5.73. The molecule has 1 saturated heterocycles. The van der Waals surface area contributed by atoms with Crippen molar-refractivity contribution in [1.82, 2.24) is 15.2 Å². The van der Waals surface area contributed by atoms with Crippen LogP contribution in [-0.2, 0) is 0 Å². The summed E-state index contributed by atoms with van der Waals surface area (Å²) in [7, 11) is 1.65. The molecule has 0 atom stereocenters. The highest BCUT2D eigenvalue weighted by atomic mass is 16.5. The van der Waals surface area contributed by atoms with E-state index < -0.39 is 0 Å². The third kappa shape index (κ3) is 2.79. The van der Waals surface area contributed by atoms with Crippen molar-refractivity contribution < 1.29 is 4.74 Å². The lowest BCUT2D eigenvalue weighted by molar-refractivity contribution is 0.415. The van der Waals surface area contributed by atoms with Crippen LogP contribution in [0.1, 0.15) is 12.8 Å². The standard InChI is InChI=1S/C14H17N5O/c1-20-12-6-4-5-11(9-12)16-13-10-15-18-14(17-13)19-7-2-3-8-19/h4-6,9-10H,2-3,7-8H2,1H3,(H,16,17,18). The molecule has 1 N–H and O–H groups in total. The average molecular weight is 271 g/mol. The first-order chi connectivity index (χ1) is 9.85. The molecule has 0 bridgehead atoms. The zero-order valence-electron chi connectivity index (χ0n) is 11.4. The van der Waals surface area contributed by atoms with E-state index in [1.54, 1.807) is 13.3 Å². The average Bonchev–Trinajstić information content (AvgIpc) is 3.02. The first kappa shape index (κ1) is 12.7. The van der Waals surface area contributed by atoms with Gasteiger partial charge in [0.15, 0.2) is 5.82 Å². The van der Waals surface area contributed by atoms with Gasteiger partial charge in [-0.2, -0.15) is 10.1 Å². The van der Waals surface area contributed by atoms with Crippen molar-refractivity contribution in [2.45, 2.75) is 12.8 Å². The normalized spacial score (nSPS) is 14.3. The number of anilines is 3. The van der Waals surface area contributed by atoms with Crippen molar-refractivity contribution in [3.63, 3.8) is 0 Å². The van der Waals surface area contributed by atoms with Crippen LogP contribution in [-0.4, -0.2) is 35.4 Å². The molecule has 2 heterocycles. The van der Waals surface area contributed by atoms with E-state index in [9.17, 15) is 0 Å². The first-order valence-corrected chi connectivity index (χ1v) is 6.71. The van der Waals surface area contributed by atoms with E-state index in [-0.39, 0.29) is 0 Å². The molecule has 3 rings (SSSR count). The summed E-state index contributed by atoms with van der Waals surface area (Å²) in [6.07, 6.45) is 4.01. The predicted octanol–water partition coefficient (Wildman–Crippen LogP) is 2.22. The number of hydrogen-bond acceptors (Lipinski definition) is 6. The molecule has 6 heteroatoms. The predicted molar refractivity (Wildman–Crippen MR) is 77.6 cm³/mol. The Balaban J connectivity index is 1.78. The van der Waals surface area contributed by atoms with E-state index in [0.29, 0.717) is 11.8 Å². The van der Waals surface area contributed by atoms with E-state index in [0.717, 1.165) is 24.5 Å². The lowest BCUT2D eigenvalue weighted by atomic mass is 10.3. The number of hydrogen-bond donors (Lipinski definition) is 1. The van der Waals surface area contributed by atoms with E-state index >= 15 is 0 Å². The van der Waals surface area contributed by atoms with Crippen LogP contribution in [0.15, 0.2) is 30.5 Å². The molecule has 1 aliphatic rings. The van der Waals surface area contributed by atoms with Crippen LogP contribution in [0, 0.1) is 0 Å². The van der Waals surface area contributed by atoms with Crippen LogP contribution in [0.3, 0.4) is 0 Å². The fourth-order valence-corrected chi connectivity index (χ4v) is 2.25. The topological polar surface area (TPSA) is 63.2 Å². The molecular formula is C14H17N5O. The SMILES string of the molecule is COc1cccc(Nc2cnnc(N3CCCC3)n2)c1. The van der Waals surface area contributed by atoms with Crippen LogP contribution in [0.4, 0.5) is 17.5 Å². The molecule has 0 spiro atoms. The number of nitrogens with zero attached hydrogens (tertiary/aromatic N) is 4. The Bertz CT molecular complexity index is 583. The van der Waals surface area contributed by atoms with E-state index in [1.807, 2.05) is 24.3 Å². The quantitative estimate of drug-likeness (QED) is 0.920. The molecule has 2 aromatic rings. The summed E-state index contributed by atoms with van der Waals surface area (Å²) in [4.78, 5) is 6.66. The number of benzene rings is 1. The molecule has 1 aromatic heterocycles. The van der Waals surface area contributed by atoms with Gasteiger partial charge in [-0.25, -0.2) is 0 Å².